The highest BCUT2D eigenvalue weighted by atomic mass is 79.9. The van der Waals surface area contributed by atoms with Crippen molar-refractivity contribution in [3.63, 3.8) is 0 Å². The van der Waals surface area contributed by atoms with Crippen LogP contribution in [0.25, 0.3) is 11.1 Å². The lowest BCUT2D eigenvalue weighted by molar-refractivity contribution is 0.341. The first-order valence-corrected chi connectivity index (χ1v) is 6.50. The lowest BCUT2D eigenvalue weighted by atomic mass is 10.00. The maximum absolute atomic E-state index is 5.67. The number of ether oxygens (including phenoxy) is 1. The molecule has 0 saturated carbocycles. The molecule has 2 rings (SSSR count). The Kier molecular flexibility index (Phi) is 3.85. The normalized spacial score (nSPS) is 10.3. The van der Waals surface area contributed by atoms with Crippen molar-refractivity contribution in [2.45, 2.75) is 13.8 Å². The molecule has 0 atom stereocenters. The molecule has 0 spiro atoms. The van der Waals surface area contributed by atoms with Crippen LogP contribution in [0.15, 0.2) is 46.9 Å². The number of hydrogen-bond donors (Lipinski definition) is 0. The zero-order valence-corrected chi connectivity index (χ0v) is 11.6. The van der Waals surface area contributed by atoms with Crippen molar-refractivity contribution < 1.29 is 4.74 Å². The van der Waals surface area contributed by atoms with E-state index in [4.69, 9.17) is 4.74 Å². The molecule has 1 nitrogen and oxygen atoms in total. The van der Waals surface area contributed by atoms with Gasteiger partial charge in [-0.1, -0.05) is 46.3 Å². The van der Waals surface area contributed by atoms with Crippen molar-refractivity contribution in [2.24, 2.45) is 0 Å². The maximum atomic E-state index is 5.67. The van der Waals surface area contributed by atoms with Crippen LogP contribution in [-0.4, -0.2) is 6.61 Å². The van der Waals surface area contributed by atoms with E-state index in [9.17, 15) is 0 Å². The summed E-state index contributed by atoms with van der Waals surface area (Å²) >= 11 is 3.57. The van der Waals surface area contributed by atoms with Gasteiger partial charge in [0.2, 0.25) is 0 Å². The van der Waals surface area contributed by atoms with E-state index < -0.39 is 0 Å². The van der Waals surface area contributed by atoms with Gasteiger partial charge >= 0.3 is 0 Å². The molecular weight excluding hydrogens is 276 g/mol. The van der Waals surface area contributed by atoms with Crippen LogP contribution in [0.4, 0.5) is 0 Å². The molecular formula is C15H15BrO. The van der Waals surface area contributed by atoms with Crippen LogP contribution in [0.2, 0.25) is 0 Å². The van der Waals surface area contributed by atoms with E-state index in [1.807, 2.05) is 25.1 Å². The average molecular weight is 291 g/mol. The summed E-state index contributed by atoms with van der Waals surface area (Å²) in [6.07, 6.45) is 0. The molecule has 0 bridgehead atoms. The Labute approximate surface area is 111 Å². The second-order valence-corrected chi connectivity index (χ2v) is 4.70. The molecule has 88 valence electrons. The number of hydrogen-bond acceptors (Lipinski definition) is 1. The van der Waals surface area contributed by atoms with E-state index in [0.29, 0.717) is 6.61 Å². The van der Waals surface area contributed by atoms with Gasteiger partial charge in [-0.3, -0.25) is 0 Å². The molecule has 0 fully saturated rings. The highest BCUT2D eigenvalue weighted by Gasteiger charge is 2.09. The van der Waals surface area contributed by atoms with Gasteiger partial charge in [0.1, 0.15) is 5.75 Å². The summed E-state index contributed by atoms with van der Waals surface area (Å²) in [4.78, 5) is 0. The van der Waals surface area contributed by atoms with Crippen LogP contribution in [0.1, 0.15) is 12.5 Å². The summed E-state index contributed by atoms with van der Waals surface area (Å²) in [5.41, 5.74) is 3.59. The van der Waals surface area contributed by atoms with Gasteiger partial charge in [0.05, 0.1) is 6.61 Å². The van der Waals surface area contributed by atoms with Crippen LogP contribution in [-0.2, 0) is 0 Å². The third-order valence-corrected chi connectivity index (χ3v) is 3.60. The summed E-state index contributed by atoms with van der Waals surface area (Å²) in [6.45, 7) is 4.80. The van der Waals surface area contributed by atoms with E-state index in [1.165, 1.54) is 11.1 Å². The largest absolute Gasteiger partial charge is 0.493 e. The molecule has 0 saturated heterocycles. The minimum absolute atomic E-state index is 0.685. The Morgan fingerprint density at radius 1 is 1.00 bits per heavy atom. The van der Waals surface area contributed by atoms with Crippen LogP contribution in [0, 0.1) is 6.92 Å². The smallest absolute Gasteiger partial charge is 0.127 e. The van der Waals surface area contributed by atoms with Gasteiger partial charge < -0.3 is 4.74 Å². The molecule has 0 unspecified atom stereocenters. The van der Waals surface area contributed by atoms with Gasteiger partial charge in [-0.2, -0.15) is 0 Å². The summed E-state index contributed by atoms with van der Waals surface area (Å²) < 4.78 is 6.80. The molecule has 0 heterocycles. The number of rotatable bonds is 3. The van der Waals surface area contributed by atoms with Gasteiger partial charge in [0, 0.05) is 10.0 Å². The van der Waals surface area contributed by atoms with Crippen LogP contribution < -0.4 is 4.74 Å². The zero-order chi connectivity index (χ0) is 12.3. The monoisotopic (exact) mass is 290 g/mol. The lowest BCUT2D eigenvalue weighted by Crippen LogP contribution is -1.94. The molecule has 0 N–H and O–H groups in total. The fourth-order valence-corrected chi connectivity index (χ4v) is 2.24. The average Bonchev–Trinajstić information content (AvgIpc) is 2.34. The predicted octanol–water partition coefficient (Wildman–Crippen LogP) is 4.82. The highest BCUT2D eigenvalue weighted by molar-refractivity contribution is 9.10. The van der Waals surface area contributed by atoms with E-state index in [1.54, 1.807) is 0 Å². The van der Waals surface area contributed by atoms with Crippen molar-refractivity contribution in [1.29, 1.82) is 0 Å². The molecule has 2 aromatic rings. The summed E-state index contributed by atoms with van der Waals surface area (Å²) in [5, 5.41) is 0. The zero-order valence-electron chi connectivity index (χ0n) is 10.0. The Hall–Kier alpha value is -1.28. The fraction of sp³-hybridized carbons (Fsp3) is 0.200. The standard InChI is InChI=1S/C15H15BrO/c1-3-17-15-10-5-4-7-13(15)12-8-6-9-14(16)11(12)2/h4-10H,3H2,1-2H3. The Bertz CT molecular complexity index is 520. The second-order valence-electron chi connectivity index (χ2n) is 3.84. The number of benzene rings is 2. The molecule has 2 heteroatoms. The SMILES string of the molecule is CCOc1ccccc1-c1cccc(Br)c1C. The van der Waals surface area contributed by atoms with Crippen LogP contribution >= 0.6 is 15.9 Å². The van der Waals surface area contributed by atoms with Crippen molar-refractivity contribution in [3.8, 4) is 16.9 Å². The van der Waals surface area contributed by atoms with Gasteiger partial charge in [0.15, 0.2) is 0 Å². The third-order valence-electron chi connectivity index (χ3n) is 2.74. The molecule has 17 heavy (non-hydrogen) atoms. The van der Waals surface area contributed by atoms with E-state index in [-0.39, 0.29) is 0 Å². The second kappa shape index (κ2) is 5.37. The number of halogens is 1. The van der Waals surface area contributed by atoms with Gasteiger partial charge in [-0.05, 0) is 37.1 Å². The fourth-order valence-electron chi connectivity index (χ4n) is 1.87. The lowest BCUT2D eigenvalue weighted by Gasteiger charge is -2.13. The number of para-hydroxylation sites is 1. The van der Waals surface area contributed by atoms with Crippen molar-refractivity contribution in [3.05, 3.63) is 52.5 Å². The van der Waals surface area contributed by atoms with E-state index >= 15 is 0 Å². The first kappa shape index (κ1) is 12.2. The Morgan fingerprint density at radius 2 is 1.71 bits per heavy atom. The predicted molar refractivity (Wildman–Crippen MR) is 75.5 cm³/mol. The van der Waals surface area contributed by atoms with Crippen LogP contribution in [0.5, 0.6) is 5.75 Å². The first-order chi connectivity index (χ1) is 8.24. The summed E-state index contributed by atoms with van der Waals surface area (Å²) in [6, 6.07) is 14.4. The van der Waals surface area contributed by atoms with Gasteiger partial charge in [0.25, 0.3) is 0 Å². The first-order valence-electron chi connectivity index (χ1n) is 5.71. The molecule has 0 aliphatic carbocycles. The van der Waals surface area contributed by atoms with Crippen molar-refractivity contribution in [2.75, 3.05) is 6.61 Å². The van der Waals surface area contributed by atoms with E-state index in [0.717, 1.165) is 15.8 Å². The minimum atomic E-state index is 0.685. The topological polar surface area (TPSA) is 9.23 Å². The highest BCUT2D eigenvalue weighted by Crippen LogP contribution is 2.34. The van der Waals surface area contributed by atoms with Crippen molar-refractivity contribution >= 4 is 15.9 Å². The van der Waals surface area contributed by atoms with E-state index in [2.05, 4.69) is 47.1 Å². The third kappa shape index (κ3) is 2.52. The summed E-state index contributed by atoms with van der Waals surface area (Å²) in [7, 11) is 0. The molecule has 2 aromatic carbocycles. The maximum Gasteiger partial charge on any atom is 0.127 e. The van der Waals surface area contributed by atoms with Crippen LogP contribution in [0.3, 0.4) is 0 Å². The van der Waals surface area contributed by atoms with Crippen molar-refractivity contribution in [1.82, 2.24) is 0 Å². The quantitative estimate of drug-likeness (QED) is 0.787. The Balaban J connectivity index is 2.56. The Morgan fingerprint density at radius 3 is 2.47 bits per heavy atom. The van der Waals surface area contributed by atoms with Gasteiger partial charge in [-0.15, -0.1) is 0 Å². The molecule has 0 aliphatic rings. The minimum Gasteiger partial charge on any atom is -0.493 e. The molecule has 0 aromatic heterocycles. The van der Waals surface area contributed by atoms with Gasteiger partial charge in [-0.25, -0.2) is 0 Å². The molecule has 0 aliphatic heterocycles. The molecule has 0 amide bonds. The summed E-state index contributed by atoms with van der Waals surface area (Å²) in [5.74, 6) is 0.941. The molecule has 0 radical (unpaired) electrons.